The van der Waals surface area contributed by atoms with E-state index in [2.05, 4.69) is 27.8 Å². The number of nitrogens with zero attached hydrogens (tertiary/aromatic N) is 3. The summed E-state index contributed by atoms with van der Waals surface area (Å²) >= 11 is 6.35. The molecule has 3 heterocycles. The topological polar surface area (TPSA) is 126 Å². The van der Waals surface area contributed by atoms with Crippen LogP contribution in [0.15, 0.2) is 24.5 Å². The first-order chi connectivity index (χ1) is 20.1. The van der Waals surface area contributed by atoms with Gasteiger partial charge in [-0.05, 0) is 70.5 Å². The summed E-state index contributed by atoms with van der Waals surface area (Å²) in [4.78, 5) is 36.3. The molecule has 1 aliphatic heterocycles. The van der Waals surface area contributed by atoms with E-state index in [0.29, 0.717) is 30.9 Å². The third kappa shape index (κ3) is 8.99. The molecule has 0 fully saturated rings. The molecule has 0 saturated carbocycles. The van der Waals surface area contributed by atoms with Gasteiger partial charge in [-0.3, -0.25) is 9.78 Å². The van der Waals surface area contributed by atoms with E-state index >= 15 is 0 Å². The Balaban J connectivity index is 1.61. The van der Waals surface area contributed by atoms with E-state index in [1.165, 1.54) is 32.2 Å². The highest BCUT2D eigenvalue weighted by Gasteiger charge is 2.37. The monoisotopic (exact) mass is 607 g/mol. The van der Waals surface area contributed by atoms with Gasteiger partial charge in [0.25, 0.3) is 0 Å². The first-order valence-corrected chi connectivity index (χ1v) is 14.7. The van der Waals surface area contributed by atoms with Crippen LogP contribution < -0.4 is 15.4 Å². The van der Waals surface area contributed by atoms with Crippen molar-refractivity contribution in [2.75, 3.05) is 52.4 Å². The van der Waals surface area contributed by atoms with Gasteiger partial charge in [-0.2, -0.15) is 0 Å². The largest absolute Gasteiger partial charge is 0.495 e. The fourth-order valence-corrected chi connectivity index (χ4v) is 5.50. The molecule has 2 atom stereocenters. The number of carboxylic acid groups (broad SMARTS) is 1. The molecule has 0 aromatic carbocycles. The molecule has 0 aliphatic carbocycles. The minimum absolute atomic E-state index is 0.124. The number of rotatable bonds is 17. The second-order valence-electron chi connectivity index (χ2n) is 11.1. The third-order valence-corrected chi connectivity index (χ3v) is 7.98. The van der Waals surface area contributed by atoms with E-state index in [1.807, 2.05) is 4.90 Å². The summed E-state index contributed by atoms with van der Waals surface area (Å²) < 4.78 is 24.1. The second kappa shape index (κ2) is 16.0. The van der Waals surface area contributed by atoms with Crippen LogP contribution in [0.2, 0.25) is 5.02 Å². The molecule has 2 aromatic rings. The van der Waals surface area contributed by atoms with Crippen molar-refractivity contribution in [2.45, 2.75) is 69.9 Å². The highest BCUT2D eigenvalue weighted by atomic mass is 35.5. The van der Waals surface area contributed by atoms with Crippen LogP contribution in [0.5, 0.6) is 5.75 Å². The predicted molar refractivity (Wildman–Crippen MR) is 160 cm³/mol. The molecule has 232 valence electrons. The summed E-state index contributed by atoms with van der Waals surface area (Å²) in [7, 11) is 2.91. The maximum Gasteiger partial charge on any atom is 0.326 e. The van der Waals surface area contributed by atoms with Gasteiger partial charge in [0.2, 0.25) is 5.91 Å². The Bertz CT molecular complexity index is 1200. The Hall–Kier alpha value is -3.02. The van der Waals surface area contributed by atoms with Crippen LogP contribution >= 0.6 is 11.6 Å². The Morgan fingerprint density at radius 2 is 2.02 bits per heavy atom. The van der Waals surface area contributed by atoms with Gasteiger partial charge in [0.15, 0.2) is 0 Å². The lowest BCUT2D eigenvalue weighted by molar-refractivity contribution is -0.143. The van der Waals surface area contributed by atoms with Crippen LogP contribution in [0, 0.1) is 0 Å². The maximum atomic E-state index is 13.5. The van der Waals surface area contributed by atoms with Crippen LogP contribution in [-0.4, -0.2) is 91.1 Å². The summed E-state index contributed by atoms with van der Waals surface area (Å²) in [6.07, 6.45) is 7.02. The van der Waals surface area contributed by atoms with Gasteiger partial charge in [-0.15, -0.1) is 0 Å². The minimum Gasteiger partial charge on any atom is -0.495 e. The number of pyridine rings is 2. The molecule has 2 aromatic heterocycles. The Kier molecular flexibility index (Phi) is 12.8. The normalized spacial score (nSPS) is 14.5. The SMILES string of the molecule is COc1cncc(Cl)c1C(C)(C)C(=O)NC(CCN(CCCCc1ccc2c(n1)NCCC2)CC(CF)OC)C(=O)O. The zero-order valence-corrected chi connectivity index (χ0v) is 25.7. The molecule has 3 rings (SSSR count). The van der Waals surface area contributed by atoms with Crippen LogP contribution in [0.4, 0.5) is 10.2 Å². The van der Waals surface area contributed by atoms with Crippen molar-refractivity contribution in [2.24, 2.45) is 0 Å². The number of fused-ring (bicyclic) bond motifs is 1. The molecule has 10 nitrogen and oxygen atoms in total. The minimum atomic E-state index is -1.20. The number of aliphatic carboxylic acids is 1. The fourth-order valence-electron chi connectivity index (χ4n) is 5.12. The van der Waals surface area contributed by atoms with Gasteiger partial charge in [0, 0.05) is 44.2 Å². The molecular formula is C30H43ClFN5O5. The van der Waals surface area contributed by atoms with Crippen molar-refractivity contribution < 1.29 is 28.6 Å². The molecule has 0 radical (unpaired) electrons. The van der Waals surface area contributed by atoms with E-state index in [4.69, 9.17) is 26.1 Å². The predicted octanol–water partition coefficient (Wildman–Crippen LogP) is 4.04. The molecule has 0 bridgehead atoms. The number of hydrogen-bond donors (Lipinski definition) is 3. The lowest BCUT2D eigenvalue weighted by Gasteiger charge is -2.30. The number of methoxy groups -OCH3 is 2. The first-order valence-electron chi connectivity index (χ1n) is 14.4. The smallest absolute Gasteiger partial charge is 0.326 e. The molecule has 12 heteroatoms. The van der Waals surface area contributed by atoms with Gasteiger partial charge >= 0.3 is 5.97 Å². The molecule has 1 aliphatic rings. The van der Waals surface area contributed by atoms with Crippen LogP contribution in [0.25, 0.3) is 0 Å². The maximum absolute atomic E-state index is 13.5. The van der Waals surface area contributed by atoms with Gasteiger partial charge in [0.1, 0.15) is 24.3 Å². The van der Waals surface area contributed by atoms with E-state index in [1.54, 1.807) is 13.8 Å². The Morgan fingerprint density at radius 3 is 2.71 bits per heavy atom. The molecule has 0 saturated heterocycles. The summed E-state index contributed by atoms with van der Waals surface area (Å²) in [5.41, 5.74) is 1.49. The fraction of sp³-hybridized carbons (Fsp3) is 0.600. The van der Waals surface area contributed by atoms with Crippen molar-refractivity contribution in [1.82, 2.24) is 20.2 Å². The van der Waals surface area contributed by atoms with Gasteiger partial charge in [0.05, 0.1) is 29.8 Å². The molecule has 42 heavy (non-hydrogen) atoms. The average Bonchev–Trinajstić information content (AvgIpc) is 2.98. The molecular weight excluding hydrogens is 565 g/mol. The van der Waals surface area contributed by atoms with Crippen molar-refractivity contribution in [3.63, 3.8) is 0 Å². The number of amides is 1. The van der Waals surface area contributed by atoms with E-state index in [-0.39, 0.29) is 11.4 Å². The Morgan fingerprint density at radius 1 is 1.24 bits per heavy atom. The van der Waals surface area contributed by atoms with Gasteiger partial charge in [-0.25, -0.2) is 14.2 Å². The Labute approximate surface area is 252 Å². The second-order valence-corrected chi connectivity index (χ2v) is 11.5. The number of hydrogen-bond acceptors (Lipinski definition) is 8. The van der Waals surface area contributed by atoms with E-state index in [0.717, 1.165) is 50.2 Å². The summed E-state index contributed by atoms with van der Waals surface area (Å²) in [6, 6.07) is 3.05. The number of nitrogens with one attached hydrogen (secondary N) is 2. The number of anilines is 1. The number of aryl methyl sites for hydroxylation is 2. The summed E-state index contributed by atoms with van der Waals surface area (Å²) in [5.74, 6) is -0.369. The molecule has 2 unspecified atom stereocenters. The zero-order valence-electron chi connectivity index (χ0n) is 24.9. The number of alkyl halides is 1. The van der Waals surface area contributed by atoms with Gasteiger partial charge in [-0.1, -0.05) is 17.7 Å². The van der Waals surface area contributed by atoms with E-state index < -0.39 is 36.1 Å². The number of carbonyl (C=O) groups is 2. The number of ether oxygens (including phenoxy) is 2. The quantitative estimate of drug-likeness (QED) is 0.228. The van der Waals surface area contributed by atoms with Crippen LogP contribution in [0.1, 0.15) is 56.4 Å². The molecule has 3 N–H and O–H groups in total. The highest BCUT2D eigenvalue weighted by molar-refractivity contribution is 6.31. The van der Waals surface area contributed by atoms with Crippen LogP contribution in [-0.2, 0) is 32.6 Å². The number of aromatic nitrogens is 2. The highest BCUT2D eigenvalue weighted by Crippen LogP contribution is 2.36. The lowest BCUT2D eigenvalue weighted by Crippen LogP contribution is -2.50. The molecule has 1 amide bonds. The summed E-state index contributed by atoms with van der Waals surface area (Å²) in [5, 5.41) is 16.2. The average molecular weight is 608 g/mol. The van der Waals surface area contributed by atoms with Crippen LogP contribution in [0.3, 0.4) is 0 Å². The van der Waals surface area contributed by atoms with Crippen molar-refractivity contribution in [3.8, 4) is 5.75 Å². The zero-order chi connectivity index (χ0) is 30.7. The van der Waals surface area contributed by atoms with E-state index in [9.17, 15) is 19.1 Å². The first kappa shape index (κ1) is 33.5. The van der Waals surface area contributed by atoms with Gasteiger partial charge < -0.3 is 30.1 Å². The van der Waals surface area contributed by atoms with Crippen molar-refractivity contribution in [1.29, 1.82) is 0 Å². The van der Waals surface area contributed by atoms with Crippen molar-refractivity contribution >= 4 is 29.3 Å². The number of carbonyl (C=O) groups excluding carboxylic acids is 1. The lowest BCUT2D eigenvalue weighted by atomic mass is 9.83. The standard InChI is InChI=1S/C30H43ClFN5O5/c1-30(2,26-23(31)17-33-18-25(26)42-4)29(40)36-24(28(38)39)12-15-37(19-22(16-32)41-3)14-6-5-9-21-11-10-20-8-7-13-34-27(20)35-21/h10-11,17-18,22,24H,5-9,12-16,19H2,1-4H3,(H,34,35)(H,36,40)(H,38,39). The summed E-state index contributed by atoms with van der Waals surface area (Å²) in [6.45, 7) is 4.85. The number of halogens is 2. The third-order valence-electron chi connectivity index (χ3n) is 7.69. The molecule has 0 spiro atoms. The number of carboxylic acids is 1. The number of unbranched alkanes of at least 4 members (excludes halogenated alkanes) is 1. The van der Waals surface area contributed by atoms with Crippen molar-refractivity contribution in [3.05, 3.63) is 46.4 Å².